The van der Waals surface area contributed by atoms with Gasteiger partial charge in [0.05, 0.1) is 11.8 Å². The second-order valence-corrected chi connectivity index (χ2v) is 4.75. The van der Waals surface area contributed by atoms with Crippen LogP contribution in [0.5, 0.6) is 0 Å². The maximum Gasteiger partial charge on any atom is 0.228 e. The first-order valence-electron chi connectivity index (χ1n) is 7.01. The summed E-state index contributed by atoms with van der Waals surface area (Å²) in [5, 5.41) is 0. The fourth-order valence-corrected chi connectivity index (χ4v) is 2.14. The van der Waals surface area contributed by atoms with Crippen LogP contribution in [-0.4, -0.2) is 24.9 Å². The minimum absolute atomic E-state index is 0.510. The van der Waals surface area contributed by atoms with Gasteiger partial charge in [0.2, 0.25) is 5.89 Å². The summed E-state index contributed by atoms with van der Waals surface area (Å²) in [6, 6.07) is 11.1. The van der Waals surface area contributed by atoms with Gasteiger partial charge in [-0.25, -0.2) is 19.9 Å². The summed E-state index contributed by atoms with van der Waals surface area (Å²) in [7, 11) is 0. The molecule has 0 N–H and O–H groups in total. The van der Waals surface area contributed by atoms with Gasteiger partial charge >= 0.3 is 0 Å². The highest BCUT2D eigenvalue weighted by Crippen LogP contribution is 2.25. The SMILES string of the molecule is c1cnc(-c2cccc(-c3cnc(-c4cccnc4)o3)n2)nc1. The Morgan fingerprint density at radius 1 is 0.739 bits per heavy atom. The third-order valence-electron chi connectivity index (χ3n) is 3.21. The maximum absolute atomic E-state index is 5.79. The van der Waals surface area contributed by atoms with Crippen LogP contribution in [-0.2, 0) is 0 Å². The predicted molar refractivity (Wildman–Crippen MR) is 84.0 cm³/mol. The summed E-state index contributed by atoms with van der Waals surface area (Å²) in [6.07, 6.45) is 8.44. The van der Waals surface area contributed by atoms with E-state index in [0.29, 0.717) is 28.9 Å². The van der Waals surface area contributed by atoms with Crippen molar-refractivity contribution in [1.82, 2.24) is 24.9 Å². The quantitative estimate of drug-likeness (QED) is 0.578. The minimum atomic E-state index is 0.510. The predicted octanol–water partition coefficient (Wildman–Crippen LogP) is 3.26. The Kier molecular flexibility index (Phi) is 3.32. The smallest absolute Gasteiger partial charge is 0.228 e. The van der Waals surface area contributed by atoms with Crippen LogP contribution in [0.2, 0.25) is 0 Å². The Morgan fingerprint density at radius 2 is 1.61 bits per heavy atom. The van der Waals surface area contributed by atoms with Crippen molar-refractivity contribution in [3.63, 3.8) is 0 Å². The van der Waals surface area contributed by atoms with Crippen molar-refractivity contribution in [2.75, 3.05) is 0 Å². The highest BCUT2D eigenvalue weighted by Gasteiger charge is 2.11. The summed E-state index contributed by atoms with van der Waals surface area (Å²) in [5.74, 6) is 1.67. The Hall–Kier alpha value is -3.41. The van der Waals surface area contributed by atoms with E-state index >= 15 is 0 Å². The van der Waals surface area contributed by atoms with E-state index in [1.54, 1.807) is 37.1 Å². The molecule has 0 aliphatic carbocycles. The van der Waals surface area contributed by atoms with Crippen LogP contribution in [0, 0.1) is 0 Å². The number of aromatic nitrogens is 5. The second kappa shape index (κ2) is 5.76. The molecular weight excluding hydrogens is 290 g/mol. The Bertz CT molecular complexity index is 922. The largest absolute Gasteiger partial charge is 0.434 e. The number of nitrogens with zero attached hydrogens (tertiary/aromatic N) is 5. The van der Waals surface area contributed by atoms with Crippen molar-refractivity contribution in [3.05, 3.63) is 67.4 Å². The number of rotatable bonds is 3. The van der Waals surface area contributed by atoms with Crippen LogP contribution in [0.3, 0.4) is 0 Å². The lowest BCUT2D eigenvalue weighted by Gasteiger charge is -2.00. The molecule has 0 saturated heterocycles. The molecule has 0 fully saturated rings. The van der Waals surface area contributed by atoms with Gasteiger partial charge in [0.25, 0.3) is 0 Å². The van der Waals surface area contributed by atoms with Crippen molar-refractivity contribution in [1.29, 1.82) is 0 Å². The van der Waals surface area contributed by atoms with E-state index in [0.717, 1.165) is 5.56 Å². The molecule has 0 amide bonds. The Labute approximate surface area is 131 Å². The van der Waals surface area contributed by atoms with Crippen molar-refractivity contribution in [3.8, 4) is 34.4 Å². The van der Waals surface area contributed by atoms with Gasteiger partial charge in [-0.2, -0.15) is 0 Å². The van der Waals surface area contributed by atoms with E-state index in [9.17, 15) is 0 Å². The minimum Gasteiger partial charge on any atom is -0.434 e. The van der Waals surface area contributed by atoms with Crippen LogP contribution in [0.1, 0.15) is 0 Å². The van der Waals surface area contributed by atoms with Gasteiger partial charge in [-0.15, -0.1) is 0 Å². The zero-order chi connectivity index (χ0) is 15.5. The average Bonchev–Trinajstić information content (AvgIpc) is 3.14. The van der Waals surface area contributed by atoms with E-state index in [1.165, 1.54) is 0 Å². The molecule has 0 bridgehead atoms. The summed E-state index contributed by atoms with van der Waals surface area (Å²) in [6.45, 7) is 0. The molecule has 6 heteroatoms. The van der Waals surface area contributed by atoms with Gasteiger partial charge < -0.3 is 4.42 Å². The van der Waals surface area contributed by atoms with Crippen molar-refractivity contribution >= 4 is 0 Å². The molecule has 0 aliphatic rings. The van der Waals surface area contributed by atoms with E-state index in [1.807, 2.05) is 30.3 Å². The second-order valence-electron chi connectivity index (χ2n) is 4.75. The molecule has 23 heavy (non-hydrogen) atoms. The van der Waals surface area contributed by atoms with Crippen LogP contribution in [0.25, 0.3) is 34.4 Å². The summed E-state index contributed by atoms with van der Waals surface area (Å²) in [5.41, 5.74) is 2.18. The van der Waals surface area contributed by atoms with E-state index in [4.69, 9.17) is 4.42 Å². The van der Waals surface area contributed by atoms with Crippen LogP contribution >= 0.6 is 0 Å². The molecule has 0 spiro atoms. The highest BCUT2D eigenvalue weighted by atomic mass is 16.4. The zero-order valence-electron chi connectivity index (χ0n) is 12.0. The average molecular weight is 301 g/mol. The molecular formula is C17H11N5O. The molecule has 0 saturated carbocycles. The molecule has 6 nitrogen and oxygen atoms in total. The van der Waals surface area contributed by atoms with Gasteiger partial charge in [-0.1, -0.05) is 6.07 Å². The molecule has 4 heterocycles. The lowest BCUT2D eigenvalue weighted by atomic mass is 10.2. The Morgan fingerprint density at radius 3 is 2.43 bits per heavy atom. The summed E-state index contributed by atoms with van der Waals surface area (Å²) >= 11 is 0. The number of hydrogen-bond acceptors (Lipinski definition) is 6. The molecule has 0 aliphatic heterocycles. The standard InChI is InChI=1S/C17H11N5O/c1-5-13(22-14(6-1)16-19-8-3-9-20-16)15-11-21-17(23-15)12-4-2-7-18-10-12/h1-11H. The zero-order valence-corrected chi connectivity index (χ0v) is 12.0. The van der Waals surface area contributed by atoms with E-state index in [2.05, 4.69) is 24.9 Å². The molecule has 0 radical (unpaired) electrons. The first-order valence-corrected chi connectivity index (χ1v) is 7.01. The lowest BCUT2D eigenvalue weighted by molar-refractivity contribution is 0.586. The highest BCUT2D eigenvalue weighted by molar-refractivity contribution is 5.60. The number of oxazole rings is 1. The fourth-order valence-electron chi connectivity index (χ4n) is 2.14. The van der Waals surface area contributed by atoms with Crippen LogP contribution in [0.15, 0.2) is 71.8 Å². The molecule has 110 valence electrons. The normalized spacial score (nSPS) is 10.6. The van der Waals surface area contributed by atoms with Crippen molar-refractivity contribution < 1.29 is 4.42 Å². The molecule has 0 aromatic carbocycles. The van der Waals surface area contributed by atoms with E-state index < -0.39 is 0 Å². The molecule has 0 unspecified atom stereocenters. The third-order valence-corrected chi connectivity index (χ3v) is 3.21. The maximum atomic E-state index is 5.79. The molecule has 0 atom stereocenters. The molecule has 4 aromatic rings. The van der Waals surface area contributed by atoms with Gasteiger partial charge in [0.15, 0.2) is 11.6 Å². The van der Waals surface area contributed by atoms with Crippen LogP contribution in [0.4, 0.5) is 0 Å². The van der Waals surface area contributed by atoms with E-state index in [-0.39, 0.29) is 0 Å². The van der Waals surface area contributed by atoms with Gasteiger partial charge in [0, 0.05) is 24.8 Å². The van der Waals surface area contributed by atoms with Crippen molar-refractivity contribution in [2.45, 2.75) is 0 Å². The first-order chi connectivity index (χ1) is 11.4. The fraction of sp³-hybridized carbons (Fsp3) is 0. The Balaban J connectivity index is 1.71. The monoisotopic (exact) mass is 301 g/mol. The third kappa shape index (κ3) is 2.69. The molecule has 4 aromatic heterocycles. The number of pyridine rings is 2. The summed E-state index contributed by atoms with van der Waals surface area (Å²) < 4.78 is 5.79. The lowest BCUT2D eigenvalue weighted by Crippen LogP contribution is -1.91. The number of hydrogen-bond donors (Lipinski definition) is 0. The summed E-state index contributed by atoms with van der Waals surface area (Å²) in [4.78, 5) is 21.3. The van der Waals surface area contributed by atoms with Gasteiger partial charge in [0.1, 0.15) is 11.4 Å². The van der Waals surface area contributed by atoms with Gasteiger partial charge in [-0.3, -0.25) is 4.98 Å². The van der Waals surface area contributed by atoms with Crippen molar-refractivity contribution in [2.24, 2.45) is 0 Å². The van der Waals surface area contributed by atoms with Crippen LogP contribution < -0.4 is 0 Å². The van der Waals surface area contributed by atoms with Gasteiger partial charge in [-0.05, 0) is 30.3 Å². The first kappa shape index (κ1) is 13.3. The topological polar surface area (TPSA) is 77.6 Å². The molecule has 4 rings (SSSR count).